The summed E-state index contributed by atoms with van der Waals surface area (Å²) in [5.41, 5.74) is 1.79. The molecule has 2 rings (SSSR count). The first-order valence-electron chi connectivity index (χ1n) is 6.56. The van der Waals surface area contributed by atoms with Gasteiger partial charge in [0.2, 0.25) is 5.88 Å². The second kappa shape index (κ2) is 6.14. The molecule has 2 aromatic rings. The van der Waals surface area contributed by atoms with Crippen molar-refractivity contribution in [2.24, 2.45) is 0 Å². The van der Waals surface area contributed by atoms with E-state index in [0.29, 0.717) is 10.8 Å². The van der Waals surface area contributed by atoms with Crippen LogP contribution in [0.3, 0.4) is 0 Å². The molecule has 0 radical (unpaired) electrons. The SMILES string of the molecule is Cc1cc(Cl)c(C(C)C)cc1Oc1cccc(C(=O)O)n1. The third-order valence-corrected chi connectivity index (χ3v) is 3.40. The van der Waals surface area contributed by atoms with Crippen LogP contribution in [0.1, 0.15) is 41.4 Å². The largest absolute Gasteiger partial charge is 0.477 e. The summed E-state index contributed by atoms with van der Waals surface area (Å²) in [4.78, 5) is 14.9. The number of nitrogens with zero attached hydrogens (tertiary/aromatic N) is 1. The fraction of sp³-hybridized carbons (Fsp3) is 0.250. The molecule has 0 amide bonds. The Bertz CT molecular complexity index is 683. The number of hydrogen-bond donors (Lipinski definition) is 1. The minimum absolute atomic E-state index is 0.0526. The van der Waals surface area contributed by atoms with Crippen LogP contribution in [0.4, 0.5) is 0 Å². The van der Waals surface area contributed by atoms with Gasteiger partial charge in [0.25, 0.3) is 0 Å². The van der Waals surface area contributed by atoms with Gasteiger partial charge in [-0.25, -0.2) is 9.78 Å². The number of ether oxygens (including phenoxy) is 1. The molecule has 0 aliphatic heterocycles. The Morgan fingerprint density at radius 1 is 1.33 bits per heavy atom. The highest BCUT2D eigenvalue weighted by Crippen LogP contribution is 2.33. The number of aromatic carboxylic acids is 1. The molecule has 1 aromatic heterocycles. The first-order chi connectivity index (χ1) is 9.88. The molecule has 1 aromatic carbocycles. The van der Waals surface area contributed by atoms with Gasteiger partial charge in [-0.3, -0.25) is 0 Å². The third kappa shape index (κ3) is 3.52. The zero-order valence-electron chi connectivity index (χ0n) is 12.1. The number of aromatic nitrogens is 1. The average Bonchev–Trinajstić information content (AvgIpc) is 2.41. The van der Waals surface area contributed by atoms with Crippen molar-refractivity contribution in [2.45, 2.75) is 26.7 Å². The van der Waals surface area contributed by atoms with Crippen LogP contribution in [-0.2, 0) is 0 Å². The van der Waals surface area contributed by atoms with Gasteiger partial charge < -0.3 is 9.84 Å². The van der Waals surface area contributed by atoms with Gasteiger partial charge in [0.05, 0.1) is 0 Å². The van der Waals surface area contributed by atoms with Gasteiger partial charge in [-0.05, 0) is 42.2 Å². The minimum atomic E-state index is -1.09. The molecule has 5 heteroatoms. The maximum atomic E-state index is 10.9. The number of pyridine rings is 1. The predicted molar refractivity (Wildman–Crippen MR) is 81.5 cm³/mol. The normalized spacial score (nSPS) is 10.7. The second-order valence-electron chi connectivity index (χ2n) is 5.06. The number of aryl methyl sites for hydroxylation is 1. The Labute approximate surface area is 128 Å². The molecule has 0 unspecified atom stereocenters. The number of carbonyl (C=O) groups is 1. The summed E-state index contributed by atoms with van der Waals surface area (Å²) in [6.45, 7) is 5.97. The van der Waals surface area contributed by atoms with E-state index in [4.69, 9.17) is 21.4 Å². The Hall–Kier alpha value is -2.07. The molecule has 0 atom stereocenters. The van der Waals surface area contributed by atoms with Gasteiger partial charge in [-0.15, -0.1) is 0 Å². The number of rotatable bonds is 4. The standard InChI is InChI=1S/C16H16ClNO3/c1-9(2)11-8-14(10(3)7-12(11)17)21-15-6-4-5-13(18-15)16(19)20/h4-9H,1-3H3,(H,19,20). The van der Waals surface area contributed by atoms with Crippen LogP contribution in [0, 0.1) is 6.92 Å². The molecule has 0 saturated carbocycles. The van der Waals surface area contributed by atoms with Crippen LogP contribution in [0.2, 0.25) is 5.02 Å². The van der Waals surface area contributed by atoms with Gasteiger partial charge in [-0.2, -0.15) is 0 Å². The molecule has 0 spiro atoms. The Morgan fingerprint density at radius 3 is 2.67 bits per heavy atom. The van der Waals surface area contributed by atoms with Crippen molar-refractivity contribution in [1.29, 1.82) is 0 Å². The van der Waals surface area contributed by atoms with Crippen LogP contribution in [0.5, 0.6) is 11.6 Å². The molecule has 0 fully saturated rings. The number of benzene rings is 1. The lowest BCUT2D eigenvalue weighted by molar-refractivity contribution is 0.0689. The molecule has 0 saturated heterocycles. The van der Waals surface area contributed by atoms with Crippen LogP contribution >= 0.6 is 11.6 Å². The van der Waals surface area contributed by atoms with Crippen molar-refractivity contribution in [3.8, 4) is 11.6 Å². The maximum Gasteiger partial charge on any atom is 0.354 e. The summed E-state index contributed by atoms with van der Waals surface area (Å²) in [6.07, 6.45) is 0. The Morgan fingerprint density at radius 2 is 2.05 bits per heavy atom. The highest BCUT2D eigenvalue weighted by atomic mass is 35.5. The number of halogens is 1. The molecular weight excluding hydrogens is 290 g/mol. The number of carboxylic acids is 1. The Kier molecular flexibility index (Phi) is 4.48. The smallest absolute Gasteiger partial charge is 0.354 e. The van der Waals surface area contributed by atoms with Gasteiger partial charge >= 0.3 is 5.97 Å². The van der Waals surface area contributed by atoms with Crippen molar-refractivity contribution in [3.05, 3.63) is 52.2 Å². The molecule has 1 N–H and O–H groups in total. The third-order valence-electron chi connectivity index (χ3n) is 3.07. The van der Waals surface area contributed by atoms with E-state index in [1.165, 1.54) is 6.07 Å². The van der Waals surface area contributed by atoms with E-state index in [9.17, 15) is 4.79 Å². The van der Waals surface area contributed by atoms with Crippen molar-refractivity contribution < 1.29 is 14.6 Å². The summed E-state index contributed by atoms with van der Waals surface area (Å²) in [6, 6.07) is 8.35. The molecule has 0 aliphatic carbocycles. The van der Waals surface area contributed by atoms with E-state index in [1.807, 2.05) is 32.9 Å². The lowest BCUT2D eigenvalue weighted by atomic mass is 10.0. The van der Waals surface area contributed by atoms with Gasteiger partial charge in [0.1, 0.15) is 5.75 Å². The highest BCUT2D eigenvalue weighted by molar-refractivity contribution is 6.31. The molecule has 21 heavy (non-hydrogen) atoms. The van der Waals surface area contributed by atoms with Crippen LogP contribution in [0.25, 0.3) is 0 Å². The Balaban J connectivity index is 2.37. The molecule has 110 valence electrons. The second-order valence-corrected chi connectivity index (χ2v) is 5.47. The lowest BCUT2D eigenvalue weighted by Gasteiger charge is -2.14. The number of carboxylic acid groups (broad SMARTS) is 1. The van der Waals surface area contributed by atoms with Crippen molar-refractivity contribution in [2.75, 3.05) is 0 Å². The maximum absolute atomic E-state index is 10.9. The molecule has 1 heterocycles. The minimum Gasteiger partial charge on any atom is -0.477 e. The van der Waals surface area contributed by atoms with E-state index >= 15 is 0 Å². The van der Waals surface area contributed by atoms with Crippen molar-refractivity contribution in [1.82, 2.24) is 4.98 Å². The first kappa shape index (κ1) is 15.3. The summed E-state index contributed by atoms with van der Waals surface area (Å²) in [7, 11) is 0. The zero-order chi connectivity index (χ0) is 15.6. The first-order valence-corrected chi connectivity index (χ1v) is 6.94. The van der Waals surface area contributed by atoms with Crippen LogP contribution in [0.15, 0.2) is 30.3 Å². The quantitative estimate of drug-likeness (QED) is 0.892. The van der Waals surface area contributed by atoms with Crippen molar-refractivity contribution >= 4 is 17.6 Å². The number of hydrogen-bond acceptors (Lipinski definition) is 3. The summed E-state index contributed by atoms with van der Waals surface area (Å²) >= 11 is 6.22. The van der Waals surface area contributed by atoms with Gasteiger partial charge in [-0.1, -0.05) is 31.5 Å². The molecule has 0 aliphatic rings. The zero-order valence-corrected chi connectivity index (χ0v) is 12.8. The van der Waals surface area contributed by atoms with E-state index < -0.39 is 5.97 Å². The van der Waals surface area contributed by atoms with E-state index in [-0.39, 0.29) is 17.5 Å². The lowest BCUT2D eigenvalue weighted by Crippen LogP contribution is -2.01. The summed E-state index contributed by atoms with van der Waals surface area (Å²) < 4.78 is 5.71. The molecule has 4 nitrogen and oxygen atoms in total. The van der Waals surface area contributed by atoms with E-state index in [2.05, 4.69) is 4.98 Å². The predicted octanol–water partition coefficient (Wildman–Crippen LogP) is 4.66. The van der Waals surface area contributed by atoms with E-state index in [1.54, 1.807) is 12.1 Å². The highest BCUT2D eigenvalue weighted by Gasteiger charge is 2.12. The van der Waals surface area contributed by atoms with Gasteiger partial charge in [0, 0.05) is 11.1 Å². The average molecular weight is 306 g/mol. The molecular formula is C16H16ClNO3. The molecule has 0 bridgehead atoms. The summed E-state index contributed by atoms with van der Waals surface area (Å²) in [5.74, 6) is 0.0445. The van der Waals surface area contributed by atoms with Gasteiger partial charge in [0.15, 0.2) is 5.69 Å². The fourth-order valence-electron chi connectivity index (χ4n) is 1.92. The monoisotopic (exact) mass is 305 g/mol. The van der Waals surface area contributed by atoms with Crippen LogP contribution < -0.4 is 4.74 Å². The van der Waals surface area contributed by atoms with Crippen LogP contribution in [-0.4, -0.2) is 16.1 Å². The van der Waals surface area contributed by atoms with E-state index in [0.717, 1.165) is 11.1 Å². The van der Waals surface area contributed by atoms with Crippen molar-refractivity contribution in [3.63, 3.8) is 0 Å². The fourth-order valence-corrected chi connectivity index (χ4v) is 2.36. The summed E-state index contributed by atoms with van der Waals surface area (Å²) in [5, 5.41) is 9.64. The topological polar surface area (TPSA) is 59.4 Å².